The fourth-order valence-corrected chi connectivity index (χ4v) is 4.81. The van der Waals surface area contributed by atoms with Gasteiger partial charge in [0.1, 0.15) is 0 Å². The number of nitrogens with zero attached hydrogens (tertiary/aromatic N) is 1. The number of carbonyl (C=O) groups excluding carboxylic acids is 2. The molecular weight excluding hydrogens is 438 g/mol. The Balaban J connectivity index is 1.41. The molecule has 0 atom stereocenters. The monoisotopic (exact) mass is 463 g/mol. The van der Waals surface area contributed by atoms with E-state index in [1.165, 1.54) is 18.2 Å². The molecule has 0 aromatic heterocycles. The topological polar surface area (TPSA) is 95.6 Å². The highest BCUT2D eigenvalue weighted by Gasteiger charge is 2.20. The van der Waals surface area contributed by atoms with Gasteiger partial charge in [-0.15, -0.1) is 0 Å². The van der Waals surface area contributed by atoms with Crippen molar-refractivity contribution in [2.75, 3.05) is 16.2 Å². The first-order chi connectivity index (χ1) is 15.9. The zero-order valence-electron chi connectivity index (χ0n) is 18.0. The summed E-state index contributed by atoms with van der Waals surface area (Å²) in [6.45, 7) is 0.995. The Morgan fingerprint density at radius 2 is 1.70 bits per heavy atom. The molecule has 8 heteroatoms. The fourth-order valence-electron chi connectivity index (χ4n) is 3.74. The lowest BCUT2D eigenvalue weighted by Crippen LogP contribution is -2.35. The largest absolute Gasteiger partial charge is 0.348 e. The standard InChI is InChI=1S/C25H25N3O4S/c29-24-14-4-5-15-28(24)22-11-6-8-19(16-22)18-26-25(30)20-9-7-10-21(17-20)27-33(31,32)23-12-2-1-3-13-23/h1-3,6-13,16-17,27H,4-5,14-15,18H2,(H,26,30). The molecule has 4 rings (SSSR count). The Morgan fingerprint density at radius 3 is 2.48 bits per heavy atom. The molecular formula is C25H25N3O4S. The molecule has 1 aliphatic rings. The molecule has 1 fully saturated rings. The summed E-state index contributed by atoms with van der Waals surface area (Å²) in [4.78, 5) is 26.8. The van der Waals surface area contributed by atoms with Crippen molar-refractivity contribution in [3.63, 3.8) is 0 Å². The Bertz CT molecular complexity index is 1260. The van der Waals surface area contributed by atoms with Gasteiger partial charge < -0.3 is 10.2 Å². The summed E-state index contributed by atoms with van der Waals surface area (Å²) < 4.78 is 27.6. The molecule has 1 saturated heterocycles. The summed E-state index contributed by atoms with van der Waals surface area (Å²) in [6.07, 6.45) is 2.47. The molecule has 0 radical (unpaired) electrons. The van der Waals surface area contributed by atoms with Crippen LogP contribution < -0.4 is 14.9 Å². The van der Waals surface area contributed by atoms with Crippen molar-refractivity contribution in [2.24, 2.45) is 0 Å². The predicted molar refractivity (Wildman–Crippen MR) is 128 cm³/mol. The third-order valence-corrected chi connectivity index (χ3v) is 6.83. The van der Waals surface area contributed by atoms with Crippen LogP contribution in [-0.4, -0.2) is 26.8 Å². The lowest BCUT2D eigenvalue weighted by atomic mass is 10.1. The van der Waals surface area contributed by atoms with Crippen LogP contribution in [0.25, 0.3) is 0 Å². The van der Waals surface area contributed by atoms with Gasteiger partial charge in [0.2, 0.25) is 5.91 Å². The Kier molecular flexibility index (Phi) is 6.74. The molecule has 7 nitrogen and oxygen atoms in total. The van der Waals surface area contributed by atoms with Gasteiger partial charge in [0.25, 0.3) is 15.9 Å². The molecule has 3 aromatic rings. The van der Waals surface area contributed by atoms with Gasteiger partial charge >= 0.3 is 0 Å². The van der Waals surface area contributed by atoms with E-state index in [1.807, 2.05) is 24.3 Å². The highest BCUT2D eigenvalue weighted by molar-refractivity contribution is 7.92. The minimum atomic E-state index is -3.75. The molecule has 2 N–H and O–H groups in total. The maximum absolute atomic E-state index is 12.7. The van der Waals surface area contributed by atoms with Crippen LogP contribution in [0.15, 0.2) is 83.8 Å². The molecule has 170 valence electrons. The number of carbonyl (C=O) groups is 2. The van der Waals surface area contributed by atoms with Crippen LogP contribution in [0.1, 0.15) is 35.2 Å². The molecule has 2 amide bonds. The van der Waals surface area contributed by atoms with Crippen LogP contribution in [0.5, 0.6) is 0 Å². The highest BCUT2D eigenvalue weighted by atomic mass is 32.2. The molecule has 0 spiro atoms. The van der Waals surface area contributed by atoms with Gasteiger partial charge in [0.15, 0.2) is 0 Å². The summed E-state index contributed by atoms with van der Waals surface area (Å²) >= 11 is 0. The van der Waals surface area contributed by atoms with Crippen LogP contribution in [0.2, 0.25) is 0 Å². The van der Waals surface area contributed by atoms with Crippen LogP contribution >= 0.6 is 0 Å². The number of anilines is 2. The average Bonchev–Trinajstić information content (AvgIpc) is 2.83. The van der Waals surface area contributed by atoms with Gasteiger partial charge in [-0.3, -0.25) is 14.3 Å². The molecule has 0 unspecified atom stereocenters. The summed E-state index contributed by atoms with van der Waals surface area (Å²) in [7, 11) is -3.75. The second kappa shape index (κ2) is 9.87. The number of hydrogen-bond donors (Lipinski definition) is 2. The predicted octanol–water partition coefficient (Wildman–Crippen LogP) is 3.93. The van der Waals surface area contributed by atoms with Crippen molar-refractivity contribution >= 4 is 33.2 Å². The van der Waals surface area contributed by atoms with Gasteiger partial charge in [-0.2, -0.15) is 0 Å². The molecule has 0 bridgehead atoms. The van der Waals surface area contributed by atoms with Crippen LogP contribution in [0, 0.1) is 0 Å². The number of piperidine rings is 1. The van der Waals surface area contributed by atoms with Gasteiger partial charge in [-0.25, -0.2) is 8.42 Å². The molecule has 3 aromatic carbocycles. The second-order valence-corrected chi connectivity index (χ2v) is 9.54. The minimum Gasteiger partial charge on any atom is -0.348 e. The van der Waals surface area contributed by atoms with Crippen molar-refractivity contribution in [2.45, 2.75) is 30.7 Å². The van der Waals surface area contributed by atoms with E-state index in [9.17, 15) is 18.0 Å². The Morgan fingerprint density at radius 1 is 0.909 bits per heavy atom. The van der Waals surface area contributed by atoms with Crippen molar-refractivity contribution in [1.29, 1.82) is 0 Å². The first-order valence-electron chi connectivity index (χ1n) is 10.8. The lowest BCUT2D eigenvalue weighted by molar-refractivity contribution is -0.119. The van der Waals surface area contributed by atoms with E-state index in [-0.39, 0.29) is 23.3 Å². The molecule has 0 saturated carbocycles. The quantitative estimate of drug-likeness (QED) is 0.555. The summed E-state index contributed by atoms with van der Waals surface area (Å²) in [5.41, 5.74) is 2.35. The first-order valence-corrected chi connectivity index (χ1v) is 12.3. The van der Waals surface area contributed by atoms with E-state index in [0.717, 1.165) is 24.1 Å². The van der Waals surface area contributed by atoms with Gasteiger partial charge in [0.05, 0.1) is 4.90 Å². The van der Waals surface area contributed by atoms with Crippen molar-refractivity contribution in [3.05, 3.63) is 90.0 Å². The van der Waals surface area contributed by atoms with Crippen LogP contribution in [0.4, 0.5) is 11.4 Å². The van der Waals surface area contributed by atoms with E-state index in [2.05, 4.69) is 10.0 Å². The number of amides is 2. The maximum atomic E-state index is 12.7. The number of sulfonamides is 1. The van der Waals surface area contributed by atoms with Crippen LogP contribution in [-0.2, 0) is 21.4 Å². The molecule has 33 heavy (non-hydrogen) atoms. The number of rotatable bonds is 7. The van der Waals surface area contributed by atoms with E-state index in [4.69, 9.17) is 0 Å². The van der Waals surface area contributed by atoms with E-state index in [0.29, 0.717) is 24.2 Å². The molecule has 1 heterocycles. The summed E-state index contributed by atoms with van der Waals surface area (Å²) in [6, 6.07) is 22.0. The smallest absolute Gasteiger partial charge is 0.261 e. The Labute approximate surface area is 193 Å². The zero-order valence-corrected chi connectivity index (χ0v) is 18.8. The maximum Gasteiger partial charge on any atom is 0.261 e. The summed E-state index contributed by atoms with van der Waals surface area (Å²) in [5.74, 6) is -0.201. The zero-order chi connectivity index (χ0) is 23.3. The van der Waals surface area contributed by atoms with Crippen molar-refractivity contribution < 1.29 is 18.0 Å². The number of hydrogen-bond acceptors (Lipinski definition) is 4. The lowest BCUT2D eigenvalue weighted by Gasteiger charge is -2.27. The van der Waals surface area contributed by atoms with Crippen LogP contribution in [0.3, 0.4) is 0 Å². The Hall–Kier alpha value is -3.65. The fraction of sp³-hybridized carbons (Fsp3) is 0.200. The minimum absolute atomic E-state index is 0.122. The third kappa shape index (κ3) is 5.59. The van der Waals surface area contributed by atoms with E-state index < -0.39 is 10.0 Å². The second-order valence-electron chi connectivity index (χ2n) is 7.85. The van der Waals surface area contributed by atoms with Crippen molar-refractivity contribution in [1.82, 2.24) is 5.32 Å². The highest BCUT2D eigenvalue weighted by Crippen LogP contribution is 2.22. The normalized spacial score (nSPS) is 14.1. The number of benzene rings is 3. The first kappa shape index (κ1) is 22.5. The van der Waals surface area contributed by atoms with E-state index >= 15 is 0 Å². The van der Waals surface area contributed by atoms with Gasteiger partial charge in [0, 0.05) is 36.4 Å². The summed E-state index contributed by atoms with van der Waals surface area (Å²) in [5, 5.41) is 2.86. The van der Waals surface area contributed by atoms with Gasteiger partial charge in [-0.1, -0.05) is 36.4 Å². The third-order valence-electron chi connectivity index (χ3n) is 5.43. The van der Waals surface area contributed by atoms with E-state index in [1.54, 1.807) is 41.3 Å². The van der Waals surface area contributed by atoms with Gasteiger partial charge in [-0.05, 0) is 60.9 Å². The SMILES string of the molecule is O=C(NCc1cccc(N2CCCCC2=O)c1)c1cccc(NS(=O)(=O)c2ccccc2)c1. The number of nitrogens with one attached hydrogen (secondary N) is 2. The average molecular weight is 464 g/mol. The molecule has 0 aliphatic carbocycles. The molecule has 1 aliphatic heterocycles. The van der Waals surface area contributed by atoms with Crippen molar-refractivity contribution in [3.8, 4) is 0 Å².